The van der Waals surface area contributed by atoms with Crippen molar-refractivity contribution >= 4 is 0 Å². The van der Waals surface area contributed by atoms with Crippen LogP contribution >= 0.6 is 0 Å². The predicted octanol–water partition coefficient (Wildman–Crippen LogP) is 2.49. The first-order chi connectivity index (χ1) is 7.48. The Kier molecular flexibility index (Phi) is 5.12. The van der Waals surface area contributed by atoms with E-state index in [0.29, 0.717) is 6.54 Å². The van der Waals surface area contributed by atoms with Crippen LogP contribution in [-0.4, -0.2) is 43.5 Å². The van der Waals surface area contributed by atoms with Gasteiger partial charge in [0.15, 0.2) is 0 Å². The first kappa shape index (κ1) is 13.8. The van der Waals surface area contributed by atoms with E-state index >= 15 is 0 Å². The predicted molar refractivity (Wildman–Crippen MR) is 63.0 cm³/mol. The number of halogens is 2. The molecule has 0 amide bonds. The summed E-state index contributed by atoms with van der Waals surface area (Å²) in [6.45, 7) is 2.22. The van der Waals surface area contributed by atoms with E-state index in [-0.39, 0.29) is 5.54 Å². The van der Waals surface area contributed by atoms with Crippen LogP contribution in [0.2, 0.25) is 0 Å². The van der Waals surface area contributed by atoms with Gasteiger partial charge in [-0.3, -0.25) is 0 Å². The highest BCUT2D eigenvalue weighted by Crippen LogP contribution is 2.31. The summed E-state index contributed by atoms with van der Waals surface area (Å²) in [5.74, 6) is 0. The summed E-state index contributed by atoms with van der Waals surface area (Å²) in [7, 11) is 4.11. The lowest BCUT2D eigenvalue weighted by Crippen LogP contribution is -2.55. The largest absolute Gasteiger partial charge is 0.307 e. The van der Waals surface area contributed by atoms with Gasteiger partial charge in [-0.2, -0.15) is 0 Å². The number of hydrogen-bond donors (Lipinski definition) is 1. The molecule has 0 saturated heterocycles. The SMILES string of the molecule is CC(NCC1(N(C)C)CCCCC1)C(F)F. The molecule has 1 aliphatic carbocycles. The molecule has 0 bridgehead atoms. The number of likely N-dealkylation sites (N-methyl/N-ethyl adjacent to an activating group) is 1. The van der Waals surface area contributed by atoms with Gasteiger partial charge < -0.3 is 10.2 Å². The van der Waals surface area contributed by atoms with Gasteiger partial charge in [-0.15, -0.1) is 0 Å². The second-order valence-corrected chi connectivity index (χ2v) is 5.18. The summed E-state index contributed by atoms with van der Waals surface area (Å²) in [6, 6.07) is -0.709. The summed E-state index contributed by atoms with van der Waals surface area (Å²) in [5, 5.41) is 2.98. The fraction of sp³-hybridized carbons (Fsp3) is 1.00. The Hall–Kier alpha value is -0.220. The Bertz CT molecular complexity index is 201. The summed E-state index contributed by atoms with van der Waals surface area (Å²) < 4.78 is 24.9. The molecule has 16 heavy (non-hydrogen) atoms. The topological polar surface area (TPSA) is 15.3 Å². The van der Waals surface area contributed by atoms with E-state index in [2.05, 4.69) is 24.3 Å². The van der Waals surface area contributed by atoms with E-state index in [1.807, 2.05) is 0 Å². The molecule has 0 radical (unpaired) electrons. The third kappa shape index (κ3) is 3.39. The van der Waals surface area contributed by atoms with Crippen molar-refractivity contribution in [1.29, 1.82) is 0 Å². The zero-order valence-electron chi connectivity index (χ0n) is 10.6. The molecule has 0 aliphatic heterocycles. The molecular weight excluding hydrogens is 210 g/mol. The fourth-order valence-corrected chi connectivity index (χ4v) is 2.43. The van der Waals surface area contributed by atoms with E-state index in [9.17, 15) is 8.78 Å². The molecule has 1 fully saturated rings. The van der Waals surface area contributed by atoms with Gasteiger partial charge in [0.1, 0.15) is 0 Å². The van der Waals surface area contributed by atoms with Crippen molar-refractivity contribution in [3.8, 4) is 0 Å². The van der Waals surface area contributed by atoms with Crippen LogP contribution in [0.4, 0.5) is 8.78 Å². The highest BCUT2D eigenvalue weighted by atomic mass is 19.3. The summed E-state index contributed by atoms with van der Waals surface area (Å²) >= 11 is 0. The van der Waals surface area contributed by atoms with Crippen LogP contribution in [0.15, 0.2) is 0 Å². The van der Waals surface area contributed by atoms with Crippen molar-refractivity contribution < 1.29 is 8.78 Å². The lowest BCUT2D eigenvalue weighted by Gasteiger charge is -2.43. The van der Waals surface area contributed by atoms with Gasteiger partial charge in [0.05, 0.1) is 6.04 Å². The van der Waals surface area contributed by atoms with Crippen LogP contribution in [0.1, 0.15) is 39.0 Å². The number of nitrogens with zero attached hydrogens (tertiary/aromatic N) is 1. The smallest absolute Gasteiger partial charge is 0.253 e. The summed E-state index contributed by atoms with van der Waals surface area (Å²) in [6.07, 6.45) is 3.65. The van der Waals surface area contributed by atoms with Crippen LogP contribution in [0, 0.1) is 0 Å². The third-order valence-corrected chi connectivity index (χ3v) is 3.86. The fourth-order valence-electron chi connectivity index (χ4n) is 2.43. The molecule has 2 nitrogen and oxygen atoms in total. The first-order valence-corrected chi connectivity index (χ1v) is 6.17. The standard InChI is InChI=1S/C12H24F2N2/c1-10(11(13)14)15-9-12(16(2)3)7-5-4-6-8-12/h10-11,15H,4-9H2,1-3H3. The van der Waals surface area contributed by atoms with Gasteiger partial charge in [-0.25, -0.2) is 8.78 Å². The quantitative estimate of drug-likeness (QED) is 0.786. The monoisotopic (exact) mass is 234 g/mol. The van der Waals surface area contributed by atoms with Crippen molar-refractivity contribution in [3.05, 3.63) is 0 Å². The number of hydrogen-bond acceptors (Lipinski definition) is 2. The van der Waals surface area contributed by atoms with Gasteiger partial charge >= 0.3 is 0 Å². The summed E-state index contributed by atoms with van der Waals surface area (Å²) in [4.78, 5) is 2.21. The summed E-state index contributed by atoms with van der Waals surface area (Å²) in [5.41, 5.74) is 0.0847. The van der Waals surface area contributed by atoms with E-state index in [0.717, 1.165) is 12.8 Å². The highest BCUT2D eigenvalue weighted by Gasteiger charge is 2.34. The molecule has 0 aromatic heterocycles. The van der Waals surface area contributed by atoms with Gasteiger partial charge in [0, 0.05) is 12.1 Å². The van der Waals surface area contributed by atoms with Crippen molar-refractivity contribution in [1.82, 2.24) is 10.2 Å². The minimum Gasteiger partial charge on any atom is -0.307 e. The molecule has 96 valence electrons. The normalized spacial score (nSPS) is 22.7. The van der Waals surface area contributed by atoms with Crippen molar-refractivity contribution in [2.75, 3.05) is 20.6 Å². The van der Waals surface area contributed by atoms with Crippen molar-refractivity contribution in [3.63, 3.8) is 0 Å². The highest BCUT2D eigenvalue weighted by molar-refractivity contribution is 4.93. The first-order valence-electron chi connectivity index (χ1n) is 6.17. The minimum absolute atomic E-state index is 0.0847. The average Bonchev–Trinajstić information content (AvgIpc) is 2.26. The van der Waals surface area contributed by atoms with Gasteiger partial charge in [0.25, 0.3) is 6.43 Å². The second-order valence-electron chi connectivity index (χ2n) is 5.18. The zero-order valence-corrected chi connectivity index (χ0v) is 10.6. The Morgan fingerprint density at radius 2 is 1.75 bits per heavy atom. The maximum absolute atomic E-state index is 12.4. The maximum Gasteiger partial charge on any atom is 0.253 e. The number of rotatable bonds is 5. The minimum atomic E-state index is -2.28. The number of alkyl halides is 2. The molecule has 0 aromatic carbocycles. The van der Waals surface area contributed by atoms with Crippen molar-refractivity contribution in [2.45, 2.75) is 57.0 Å². The lowest BCUT2D eigenvalue weighted by atomic mass is 9.80. The molecular formula is C12H24F2N2. The average molecular weight is 234 g/mol. The molecule has 0 spiro atoms. The Labute approximate surface area is 97.4 Å². The maximum atomic E-state index is 12.4. The van der Waals surface area contributed by atoms with Crippen LogP contribution in [0.25, 0.3) is 0 Å². The molecule has 1 aliphatic rings. The second kappa shape index (κ2) is 5.92. The molecule has 1 unspecified atom stereocenters. The lowest BCUT2D eigenvalue weighted by molar-refractivity contribution is 0.0680. The molecule has 0 aromatic rings. The molecule has 1 atom stereocenters. The number of nitrogens with one attached hydrogen (secondary N) is 1. The third-order valence-electron chi connectivity index (χ3n) is 3.86. The van der Waals surface area contributed by atoms with E-state index in [1.165, 1.54) is 19.3 Å². The van der Waals surface area contributed by atoms with Crippen LogP contribution in [0.5, 0.6) is 0 Å². The zero-order chi connectivity index (χ0) is 12.2. The van der Waals surface area contributed by atoms with Gasteiger partial charge in [-0.05, 0) is 33.9 Å². The Balaban J connectivity index is 2.51. The Morgan fingerprint density at radius 3 is 2.19 bits per heavy atom. The van der Waals surface area contributed by atoms with Gasteiger partial charge in [0.2, 0.25) is 0 Å². The molecule has 1 N–H and O–H groups in total. The van der Waals surface area contributed by atoms with Gasteiger partial charge in [-0.1, -0.05) is 19.3 Å². The molecule has 1 rings (SSSR count). The molecule has 4 heteroatoms. The Morgan fingerprint density at radius 1 is 1.19 bits per heavy atom. The molecule has 1 saturated carbocycles. The molecule has 0 heterocycles. The van der Waals surface area contributed by atoms with Crippen molar-refractivity contribution in [2.24, 2.45) is 0 Å². The van der Waals surface area contributed by atoms with Crippen LogP contribution in [0.3, 0.4) is 0 Å². The van der Waals surface area contributed by atoms with Crippen LogP contribution in [-0.2, 0) is 0 Å². The van der Waals surface area contributed by atoms with E-state index in [4.69, 9.17) is 0 Å². The van der Waals surface area contributed by atoms with E-state index in [1.54, 1.807) is 6.92 Å². The van der Waals surface area contributed by atoms with Crippen LogP contribution < -0.4 is 5.32 Å². The van der Waals surface area contributed by atoms with E-state index < -0.39 is 12.5 Å².